The van der Waals surface area contributed by atoms with Crippen molar-refractivity contribution in [2.45, 2.75) is 45.7 Å². The Bertz CT molecular complexity index is 394. The van der Waals surface area contributed by atoms with E-state index in [0.717, 1.165) is 19.0 Å². The van der Waals surface area contributed by atoms with Gasteiger partial charge in [-0.05, 0) is 12.8 Å². The number of hydrogen-bond acceptors (Lipinski definition) is 3. The van der Waals surface area contributed by atoms with E-state index in [1.165, 1.54) is 0 Å². The van der Waals surface area contributed by atoms with Crippen molar-refractivity contribution in [1.82, 2.24) is 4.98 Å². The number of carbonyl (C=O) groups excluding carboxylic acids is 1. The molecule has 0 aliphatic carbocycles. The Morgan fingerprint density at radius 2 is 1.89 bits per heavy atom. The summed E-state index contributed by atoms with van der Waals surface area (Å²) in [4.78, 5) is 15.5. The second-order valence-electron chi connectivity index (χ2n) is 4.17. The molecule has 0 spiro atoms. The van der Waals surface area contributed by atoms with Crippen LogP contribution in [-0.2, 0) is 6.18 Å². The molecule has 0 saturated heterocycles. The number of Topliss-reactive ketones (excluding diaryl/α,β-unsaturated/α-hetero) is 1. The Kier molecular flexibility index (Phi) is 5.31. The van der Waals surface area contributed by atoms with Gasteiger partial charge in [0.05, 0.1) is 4.88 Å². The van der Waals surface area contributed by atoms with E-state index in [4.69, 9.17) is 0 Å². The van der Waals surface area contributed by atoms with Crippen molar-refractivity contribution in [1.29, 1.82) is 0 Å². The molecule has 1 aromatic rings. The third-order valence-corrected chi connectivity index (χ3v) is 3.69. The number of hydrogen-bond donors (Lipinski definition) is 0. The molecule has 102 valence electrons. The molecule has 0 N–H and O–H groups in total. The summed E-state index contributed by atoms with van der Waals surface area (Å²) in [7, 11) is 0. The minimum absolute atomic E-state index is 0.120. The Morgan fingerprint density at radius 3 is 2.28 bits per heavy atom. The Hall–Kier alpha value is -0.910. The summed E-state index contributed by atoms with van der Waals surface area (Å²) in [5.41, 5.74) is 0. The highest BCUT2D eigenvalue weighted by Gasteiger charge is 2.35. The average molecular weight is 279 g/mol. The number of rotatable bonds is 6. The SMILES string of the molecule is CCCC(CCC)C(=O)c1cnc(C(F)(F)F)s1. The molecule has 2 nitrogen and oxygen atoms in total. The van der Waals surface area contributed by atoms with Crippen LogP contribution in [-0.4, -0.2) is 10.8 Å². The molecule has 0 saturated carbocycles. The van der Waals surface area contributed by atoms with E-state index in [2.05, 4.69) is 4.98 Å². The van der Waals surface area contributed by atoms with E-state index >= 15 is 0 Å². The quantitative estimate of drug-likeness (QED) is 0.714. The van der Waals surface area contributed by atoms with Gasteiger partial charge in [0.25, 0.3) is 0 Å². The van der Waals surface area contributed by atoms with Gasteiger partial charge in [-0.1, -0.05) is 26.7 Å². The summed E-state index contributed by atoms with van der Waals surface area (Å²) >= 11 is 0.442. The van der Waals surface area contributed by atoms with Gasteiger partial charge in [-0.2, -0.15) is 13.2 Å². The summed E-state index contributed by atoms with van der Waals surface area (Å²) in [6.45, 7) is 3.92. The first kappa shape index (κ1) is 15.1. The van der Waals surface area contributed by atoms with Gasteiger partial charge in [0, 0.05) is 12.1 Å². The smallest absolute Gasteiger partial charge is 0.293 e. The summed E-state index contributed by atoms with van der Waals surface area (Å²) in [6.07, 6.45) is -0.289. The minimum atomic E-state index is -4.46. The van der Waals surface area contributed by atoms with Gasteiger partial charge >= 0.3 is 6.18 Å². The fourth-order valence-corrected chi connectivity index (χ4v) is 2.63. The Balaban J connectivity index is 2.85. The van der Waals surface area contributed by atoms with E-state index in [-0.39, 0.29) is 16.6 Å². The van der Waals surface area contributed by atoms with Gasteiger partial charge in [-0.3, -0.25) is 4.79 Å². The number of aromatic nitrogens is 1. The zero-order chi connectivity index (χ0) is 13.8. The summed E-state index contributed by atoms with van der Waals surface area (Å²) in [6, 6.07) is 0. The zero-order valence-electron chi connectivity index (χ0n) is 10.4. The standard InChI is InChI=1S/C12H16F3NOS/c1-3-5-8(6-4-2)10(17)9-7-16-11(18-9)12(13,14)15/h7-8H,3-6H2,1-2H3. The van der Waals surface area contributed by atoms with Crippen molar-refractivity contribution < 1.29 is 18.0 Å². The number of halogens is 3. The van der Waals surface area contributed by atoms with Gasteiger partial charge in [0.1, 0.15) is 0 Å². The van der Waals surface area contributed by atoms with Crippen LogP contribution in [0.15, 0.2) is 6.20 Å². The van der Waals surface area contributed by atoms with Crippen LogP contribution in [0, 0.1) is 5.92 Å². The molecular weight excluding hydrogens is 263 g/mol. The van der Waals surface area contributed by atoms with Gasteiger partial charge < -0.3 is 0 Å². The van der Waals surface area contributed by atoms with Gasteiger partial charge in [0.2, 0.25) is 0 Å². The van der Waals surface area contributed by atoms with Crippen LogP contribution in [0.3, 0.4) is 0 Å². The molecule has 0 aromatic carbocycles. The third kappa shape index (κ3) is 3.80. The predicted molar refractivity (Wildman–Crippen MR) is 64.8 cm³/mol. The lowest BCUT2D eigenvalue weighted by atomic mass is 9.93. The van der Waals surface area contributed by atoms with Crippen LogP contribution in [0.4, 0.5) is 13.2 Å². The van der Waals surface area contributed by atoms with E-state index < -0.39 is 11.2 Å². The lowest BCUT2D eigenvalue weighted by Crippen LogP contribution is -2.13. The van der Waals surface area contributed by atoms with E-state index in [1.807, 2.05) is 13.8 Å². The molecule has 6 heteroatoms. The first-order chi connectivity index (χ1) is 8.40. The number of thiazole rings is 1. The molecule has 18 heavy (non-hydrogen) atoms. The molecule has 0 atom stereocenters. The summed E-state index contributed by atoms with van der Waals surface area (Å²) < 4.78 is 37.2. The van der Waals surface area contributed by atoms with Gasteiger partial charge in [-0.25, -0.2) is 4.98 Å². The molecule has 0 aliphatic heterocycles. The van der Waals surface area contributed by atoms with Crippen LogP contribution in [0.5, 0.6) is 0 Å². The maximum absolute atomic E-state index is 12.4. The molecular formula is C12H16F3NOS. The molecule has 0 unspecified atom stereocenters. The Morgan fingerprint density at radius 1 is 1.33 bits per heavy atom. The predicted octanol–water partition coefficient (Wildman–Crippen LogP) is 4.56. The lowest BCUT2D eigenvalue weighted by molar-refractivity contribution is -0.137. The molecule has 1 aromatic heterocycles. The highest BCUT2D eigenvalue weighted by atomic mass is 32.1. The molecule has 0 radical (unpaired) electrons. The molecule has 1 heterocycles. The number of nitrogens with zero attached hydrogens (tertiary/aromatic N) is 1. The maximum Gasteiger partial charge on any atom is 0.443 e. The maximum atomic E-state index is 12.4. The summed E-state index contributed by atoms with van der Waals surface area (Å²) in [5.74, 6) is -0.381. The normalized spacial score (nSPS) is 12.1. The molecule has 0 aliphatic rings. The second-order valence-corrected chi connectivity index (χ2v) is 5.20. The number of alkyl halides is 3. The fraction of sp³-hybridized carbons (Fsp3) is 0.667. The van der Waals surface area contributed by atoms with Crippen LogP contribution in [0.25, 0.3) is 0 Å². The monoisotopic (exact) mass is 279 g/mol. The third-order valence-electron chi connectivity index (χ3n) is 2.64. The van der Waals surface area contributed by atoms with Crippen molar-refractivity contribution >= 4 is 17.1 Å². The van der Waals surface area contributed by atoms with Crippen LogP contribution >= 0.6 is 11.3 Å². The van der Waals surface area contributed by atoms with Gasteiger partial charge in [0.15, 0.2) is 10.8 Å². The van der Waals surface area contributed by atoms with Gasteiger partial charge in [-0.15, -0.1) is 11.3 Å². The highest BCUT2D eigenvalue weighted by Crippen LogP contribution is 2.33. The highest BCUT2D eigenvalue weighted by molar-refractivity contribution is 7.13. The average Bonchev–Trinajstić information content (AvgIpc) is 2.76. The topological polar surface area (TPSA) is 30.0 Å². The largest absolute Gasteiger partial charge is 0.443 e. The van der Waals surface area contributed by atoms with Crippen LogP contribution < -0.4 is 0 Å². The molecule has 0 amide bonds. The van der Waals surface area contributed by atoms with Crippen LogP contribution in [0.1, 0.15) is 54.2 Å². The van der Waals surface area contributed by atoms with Crippen molar-refractivity contribution in [3.63, 3.8) is 0 Å². The van der Waals surface area contributed by atoms with Crippen molar-refractivity contribution in [2.24, 2.45) is 5.92 Å². The first-order valence-electron chi connectivity index (χ1n) is 5.97. The first-order valence-corrected chi connectivity index (χ1v) is 6.79. The molecule has 0 bridgehead atoms. The van der Waals surface area contributed by atoms with Crippen molar-refractivity contribution in [3.8, 4) is 0 Å². The number of ketones is 1. The van der Waals surface area contributed by atoms with E-state index in [9.17, 15) is 18.0 Å². The van der Waals surface area contributed by atoms with E-state index in [0.29, 0.717) is 24.2 Å². The lowest BCUT2D eigenvalue weighted by Gasteiger charge is -2.12. The van der Waals surface area contributed by atoms with E-state index in [1.54, 1.807) is 0 Å². The summed E-state index contributed by atoms with van der Waals surface area (Å²) in [5, 5.41) is -0.947. The Labute approximate surface area is 108 Å². The van der Waals surface area contributed by atoms with Crippen molar-refractivity contribution in [3.05, 3.63) is 16.1 Å². The van der Waals surface area contributed by atoms with Crippen LogP contribution in [0.2, 0.25) is 0 Å². The van der Waals surface area contributed by atoms with Crippen molar-refractivity contribution in [2.75, 3.05) is 0 Å². The molecule has 0 fully saturated rings. The zero-order valence-corrected chi connectivity index (χ0v) is 11.2. The minimum Gasteiger partial charge on any atom is -0.293 e. The second kappa shape index (κ2) is 6.31. The molecule has 1 rings (SSSR count). The number of carbonyl (C=O) groups is 1. The fourth-order valence-electron chi connectivity index (χ4n) is 1.82.